The van der Waals surface area contributed by atoms with Crippen molar-refractivity contribution >= 4 is 13.6 Å². The third kappa shape index (κ3) is 5.12. The number of carbonyl (C=O) groups excluding carboxylic acids is 1. The van der Waals surface area contributed by atoms with Crippen LogP contribution >= 0.6 is 7.60 Å². The Kier molecular flexibility index (Phi) is 6.90. The first-order valence-electron chi connectivity index (χ1n) is 7.88. The van der Waals surface area contributed by atoms with Gasteiger partial charge in [0.15, 0.2) is 0 Å². The van der Waals surface area contributed by atoms with Crippen molar-refractivity contribution in [2.75, 3.05) is 26.5 Å². The smallest absolute Gasteiger partial charge is 0.341 e. The number of esters is 1. The molecular formula is C14H21N2O9P. The number of carbonyl (C=O) groups is 1. The number of nitrogens with one attached hydrogen (secondary N) is 1. The van der Waals surface area contributed by atoms with Crippen molar-refractivity contribution < 1.29 is 33.0 Å². The molecule has 12 heteroatoms. The number of nitrogens with zero attached hydrogens (tertiary/aromatic N) is 1. The van der Waals surface area contributed by atoms with Gasteiger partial charge in [-0.1, -0.05) is 0 Å². The number of rotatable bonds is 8. The molecule has 146 valence electrons. The monoisotopic (exact) mass is 392 g/mol. The number of aromatic amines is 1. The van der Waals surface area contributed by atoms with Gasteiger partial charge in [-0.15, -0.1) is 0 Å². The van der Waals surface area contributed by atoms with E-state index in [0.29, 0.717) is 0 Å². The van der Waals surface area contributed by atoms with Gasteiger partial charge in [-0.25, -0.2) is 4.79 Å². The molecule has 2 heterocycles. The van der Waals surface area contributed by atoms with Crippen LogP contribution in [0.25, 0.3) is 0 Å². The highest BCUT2D eigenvalue weighted by Crippen LogP contribution is 2.48. The summed E-state index contributed by atoms with van der Waals surface area (Å²) in [6.07, 6.45) is -1.98. The molecule has 0 amide bonds. The van der Waals surface area contributed by atoms with E-state index in [4.69, 9.17) is 18.5 Å². The molecule has 0 aliphatic carbocycles. The second kappa shape index (κ2) is 8.74. The zero-order valence-corrected chi connectivity index (χ0v) is 15.2. The van der Waals surface area contributed by atoms with Gasteiger partial charge in [0.2, 0.25) is 0 Å². The predicted molar refractivity (Wildman–Crippen MR) is 87.9 cm³/mol. The lowest BCUT2D eigenvalue weighted by atomic mass is 10.2. The molecule has 2 rings (SSSR count). The highest BCUT2D eigenvalue weighted by molar-refractivity contribution is 7.54. The van der Waals surface area contributed by atoms with Crippen LogP contribution in [0.15, 0.2) is 21.9 Å². The van der Waals surface area contributed by atoms with E-state index in [0.717, 1.165) is 17.7 Å². The first-order chi connectivity index (χ1) is 12.3. The van der Waals surface area contributed by atoms with Crippen LogP contribution in [0, 0.1) is 0 Å². The first-order valence-corrected chi connectivity index (χ1v) is 9.60. The zero-order chi connectivity index (χ0) is 19.3. The SMILES string of the molecule is CCOC(=O)CP(=O)(OC)OC[C@H]1O[C@@H](n2ccc(=O)[nH]c2=O)C[C@@H]1O. The Bertz CT molecular complexity index is 789. The van der Waals surface area contributed by atoms with Crippen molar-refractivity contribution in [1.82, 2.24) is 9.55 Å². The molecule has 4 atom stereocenters. The molecule has 0 saturated carbocycles. The maximum atomic E-state index is 12.4. The van der Waals surface area contributed by atoms with Crippen molar-refractivity contribution in [3.63, 3.8) is 0 Å². The van der Waals surface area contributed by atoms with Crippen LogP contribution in [0.2, 0.25) is 0 Å². The number of hydrogen-bond donors (Lipinski definition) is 2. The van der Waals surface area contributed by atoms with Crippen molar-refractivity contribution in [3.05, 3.63) is 33.1 Å². The Morgan fingerprint density at radius 2 is 2.23 bits per heavy atom. The largest absolute Gasteiger partial charge is 0.466 e. The summed E-state index contributed by atoms with van der Waals surface area (Å²) in [4.78, 5) is 36.5. The molecule has 0 bridgehead atoms. The van der Waals surface area contributed by atoms with Crippen LogP contribution in [-0.4, -0.2) is 59.3 Å². The number of ether oxygens (including phenoxy) is 2. The molecule has 1 aliphatic heterocycles. The molecule has 1 aromatic rings. The van der Waals surface area contributed by atoms with E-state index in [1.165, 1.54) is 6.20 Å². The van der Waals surface area contributed by atoms with E-state index in [-0.39, 0.29) is 19.6 Å². The van der Waals surface area contributed by atoms with Gasteiger partial charge in [0.25, 0.3) is 5.56 Å². The molecule has 1 unspecified atom stereocenters. The van der Waals surface area contributed by atoms with Crippen molar-refractivity contribution in [2.24, 2.45) is 0 Å². The second-order valence-electron chi connectivity index (χ2n) is 5.50. The highest BCUT2D eigenvalue weighted by atomic mass is 31.2. The fraction of sp³-hybridized carbons (Fsp3) is 0.643. The van der Waals surface area contributed by atoms with E-state index in [1.807, 2.05) is 0 Å². The quantitative estimate of drug-likeness (QED) is 0.446. The minimum absolute atomic E-state index is 0.0646. The minimum atomic E-state index is -3.75. The van der Waals surface area contributed by atoms with Crippen LogP contribution in [0.3, 0.4) is 0 Å². The summed E-state index contributed by atoms with van der Waals surface area (Å²) in [6, 6.07) is 1.15. The molecule has 2 N–H and O–H groups in total. The minimum Gasteiger partial charge on any atom is -0.466 e. The summed E-state index contributed by atoms with van der Waals surface area (Å²) >= 11 is 0. The van der Waals surface area contributed by atoms with Crippen LogP contribution in [0.1, 0.15) is 19.6 Å². The molecule has 0 aromatic carbocycles. The Morgan fingerprint density at radius 1 is 1.50 bits per heavy atom. The summed E-state index contributed by atoms with van der Waals surface area (Å²) in [5.74, 6) is -0.733. The lowest BCUT2D eigenvalue weighted by molar-refractivity contribution is -0.140. The fourth-order valence-electron chi connectivity index (χ4n) is 2.40. The van der Waals surface area contributed by atoms with Crippen LogP contribution in [0.5, 0.6) is 0 Å². The molecule has 26 heavy (non-hydrogen) atoms. The topological polar surface area (TPSA) is 146 Å². The zero-order valence-electron chi connectivity index (χ0n) is 14.3. The number of aliphatic hydroxyl groups excluding tert-OH is 1. The molecule has 1 fully saturated rings. The highest BCUT2D eigenvalue weighted by Gasteiger charge is 2.38. The van der Waals surface area contributed by atoms with Gasteiger partial charge in [-0.05, 0) is 6.92 Å². The Balaban J connectivity index is 1.99. The maximum Gasteiger partial charge on any atom is 0.341 e. The van der Waals surface area contributed by atoms with Crippen molar-refractivity contribution in [2.45, 2.75) is 31.8 Å². The summed E-state index contributed by atoms with van der Waals surface area (Å²) in [6.45, 7) is 1.42. The predicted octanol–water partition coefficient (Wildman–Crippen LogP) is -0.396. The lowest BCUT2D eigenvalue weighted by Gasteiger charge is -2.20. The van der Waals surface area contributed by atoms with E-state index in [1.54, 1.807) is 6.92 Å². The standard InChI is InChI=1S/C14H21N2O9P/c1-3-23-13(19)8-26(21,22-2)24-7-10-9(17)6-12(25-10)16-5-4-11(18)15-14(16)20/h4-5,9-10,12,17H,3,6-8H2,1-2H3,(H,15,18,20)/t9-,10+,12+,26?/m0/s1. The van der Waals surface area contributed by atoms with Crippen molar-refractivity contribution in [3.8, 4) is 0 Å². The third-order valence-electron chi connectivity index (χ3n) is 3.71. The Hall–Kier alpha value is -1.78. The second-order valence-corrected chi connectivity index (χ2v) is 7.66. The first kappa shape index (κ1) is 20.5. The molecule has 1 saturated heterocycles. The molecule has 11 nitrogen and oxygen atoms in total. The van der Waals surface area contributed by atoms with Gasteiger partial charge in [0.1, 0.15) is 18.5 Å². The average molecular weight is 392 g/mol. The van der Waals surface area contributed by atoms with E-state index in [9.17, 15) is 24.1 Å². The maximum absolute atomic E-state index is 12.4. The van der Waals surface area contributed by atoms with E-state index < -0.39 is 49.4 Å². The number of aromatic nitrogens is 2. The lowest BCUT2D eigenvalue weighted by Crippen LogP contribution is -2.31. The number of aliphatic hydroxyl groups is 1. The third-order valence-corrected chi connectivity index (χ3v) is 5.45. The normalized spacial score (nSPS) is 25.0. The Morgan fingerprint density at radius 3 is 2.85 bits per heavy atom. The van der Waals surface area contributed by atoms with Gasteiger partial charge in [0.05, 0.1) is 19.3 Å². The van der Waals surface area contributed by atoms with Gasteiger partial charge in [-0.2, -0.15) is 0 Å². The average Bonchev–Trinajstić information content (AvgIpc) is 2.94. The van der Waals surface area contributed by atoms with Crippen LogP contribution in [0.4, 0.5) is 0 Å². The van der Waals surface area contributed by atoms with Gasteiger partial charge < -0.3 is 23.6 Å². The molecule has 0 spiro atoms. The van der Waals surface area contributed by atoms with Crippen LogP contribution in [-0.2, 0) is 27.9 Å². The van der Waals surface area contributed by atoms with Gasteiger partial charge in [-0.3, -0.25) is 23.7 Å². The number of H-pyrrole nitrogens is 1. The van der Waals surface area contributed by atoms with Crippen LogP contribution < -0.4 is 11.2 Å². The fourth-order valence-corrected chi connectivity index (χ4v) is 3.51. The van der Waals surface area contributed by atoms with Gasteiger partial charge >= 0.3 is 19.3 Å². The summed E-state index contributed by atoms with van der Waals surface area (Å²) in [7, 11) is -2.62. The van der Waals surface area contributed by atoms with E-state index >= 15 is 0 Å². The molecular weight excluding hydrogens is 371 g/mol. The summed E-state index contributed by atoms with van der Waals surface area (Å²) in [5, 5.41) is 10.1. The molecule has 1 aromatic heterocycles. The van der Waals surface area contributed by atoms with Crippen molar-refractivity contribution in [1.29, 1.82) is 0 Å². The number of hydrogen-bond acceptors (Lipinski definition) is 9. The molecule has 0 radical (unpaired) electrons. The Labute approximate surface area is 148 Å². The van der Waals surface area contributed by atoms with E-state index in [2.05, 4.69) is 4.98 Å². The van der Waals surface area contributed by atoms with Gasteiger partial charge in [0, 0.05) is 25.8 Å². The summed E-state index contributed by atoms with van der Waals surface area (Å²) in [5.41, 5.74) is -1.23. The molecule has 1 aliphatic rings. The summed E-state index contributed by atoms with van der Waals surface area (Å²) < 4.78 is 33.8.